The Morgan fingerprint density at radius 2 is 1.85 bits per heavy atom. The fraction of sp³-hybridized carbons (Fsp3) is 0.222. The summed E-state index contributed by atoms with van der Waals surface area (Å²) in [5.41, 5.74) is 7.76. The molecule has 0 aromatic heterocycles. The van der Waals surface area contributed by atoms with Crippen molar-refractivity contribution in [1.29, 1.82) is 0 Å². The van der Waals surface area contributed by atoms with Gasteiger partial charge in [-0.05, 0) is 55.0 Å². The fourth-order valence-corrected chi connectivity index (χ4v) is 2.00. The summed E-state index contributed by atoms with van der Waals surface area (Å²) in [5.74, 6) is 1.34. The molecule has 7 nitrogen and oxygen atoms in total. The van der Waals surface area contributed by atoms with Gasteiger partial charge in [-0.1, -0.05) is 0 Å². The zero-order valence-electron chi connectivity index (χ0n) is 14.3. The molecule has 0 saturated carbocycles. The Balaban J connectivity index is 1.91. The summed E-state index contributed by atoms with van der Waals surface area (Å²) in [6, 6.07) is 10.2. The molecule has 0 radical (unpaired) electrons. The molecule has 2 aromatic rings. The first-order chi connectivity index (χ1) is 12.6. The minimum atomic E-state index is -0.743. The second kappa shape index (κ2) is 9.87. The van der Waals surface area contributed by atoms with Gasteiger partial charge in [0.15, 0.2) is 11.5 Å². The zero-order valence-corrected chi connectivity index (χ0v) is 14.3. The average molecular weight is 361 g/mol. The first-order valence-electron chi connectivity index (χ1n) is 7.95. The van der Waals surface area contributed by atoms with E-state index in [0.29, 0.717) is 36.0 Å². The second-order valence-electron chi connectivity index (χ2n) is 5.02. The number of halogens is 1. The highest BCUT2D eigenvalue weighted by molar-refractivity contribution is 5.82. The van der Waals surface area contributed by atoms with Crippen molar-refractivity contribution < 1.29 is 23.4 Å². The summed E-state index contributed by atoms with van der Waals surface area (Å²) < 4.78 is 29.5. The van der Waals surface area contributed by atoms with Gasteiger partial charge >= 0.3 is 6.03 Å². The number of benzene rings is 2. The van der Waals surface area contributed by atoms with Gasteiger partial charge in [-0.25, -0.2) is 14.6 Å². The lowest BCUT2D eigenvalue weighted by Gasteiger charge is -2.13. The van der Waals surface area contributed by atoms with Crippen LogP contribution in [0.15, 0.2) is 47.6 Å². The Morgan fingerprint density at radius 1 is 1.12 bits per heavy atom. The van der Waals surface area contributed by atoms with Gasteiger partial charge in [-0.2, -0.15) is 5.10 Å². The monoisotopic (exact) mass is 361 g/mol. The number of nitrogens with one attached hydrogen (secondary N) is 1. The number of ether oxygens (including phenoxy) is 3. The summed E-state index contributed by atoms with van der Waals surface area (Å²) in [4.78, 5) is 10.6. The second-order valence-corrected chi connectivity index (χ2v) is 5.02. The van der Waals surface area contributed by atoms with Crippen molar-refractivity contribution in [2.24, 2.45) is 10.8 Å². The molecule has 0 atom stereocenters. The molecule has 0 fully saturated rings. The van der Waals surface area contributed by atoms with E-state index >= 15 is 0 Å². The molecular weight excluding hydrogens is 341 g/mol. The minimum absolute atomic E-state index is 0.286. The predicted octanol–water partition coefficient (Wildman–Crippen LogP) is 2.68. The van der Waals surface area contributed by atoms with Crippen LogP contribution >= 0.6 is 0 Å². The SMILES string of the molecule is CCOc1cc(/C=N\NC(N)=O)ccc1OCCOc1ccc(F)cc1. The maximum Gasteiger partial charge on any atom is 0.332 e. The molecule has 0 saturated heterocycles. The first-order valence-corrected chi connectivity index (χ1v) is 7.95. The topological polar surface area (TPSA) is 95.2 Å². The average Bonchev–Trinajstić information content (AvgIpc) is 2.61. The predicted molar refractivity (Wildman–Crippen MR) is 95.3 cm³/mol. The van der Waals surface area contributed by atoms with Crippen molar-refractivity contribution in [1.82, 2.24) is 5.43 Å². The standard InChI is InChI=1S/C18H20FN3O4/c1-2-24-17-11-13(12-21-22-18(20)23)3-8-16(17)26-10-9-25-15-6-4-14(19)5-7-15/h3-8,11-12H,2,9-10H2,1H3,(H3,20,22,23)/b21-12-. The van der Waals surface area contributed by atoms with Gasteiger partial charge in [0.25, 0.3) is 0 Å². The zero-order chi connectivity index (χ0) is 18.8. The molecule has 8 heteroatoms. The number of primary amides is 1. The summed E-state index contributed by atoms with van der Waals surface area (Å²) >= 11 is 0. The van der Waals surface area contributed by atoms with Crippen molar-refractivity contribution in [3.8, 4) is 17.2 Å². The van der Waals surface area contributed by atoms with Crippen LogP contribution in [0.5, 0.6) is 17.2 Å². The molecule has 138 valence electrons. The van der Waals surface area contributed by atoms with E-state index in [-0.39, 0.29) is 12.4 Å². The van der Waals surface area contributed by atoms with Gasteiger partial charge in [0.1, 0.15) is 24.8 Å². The Labute approximate surface area is 150 Å². The molecular formula is C18H20FN3O4. The molecule has 2 rings (SSSR count). The molecule has 3 N–H and O–H groups in total. The Hall–Kier alpha value is -3.29. The summed E-state index contributed by atoms with van der Waals surface area (Å²) in [6.07, 6.45) is 1.44. The largest absolute Gasteiger partial charge is 0.490 e. The van der Waals surface area contributed by atoms with Crippen molar-refractivity contribution >= 4 is 12.2 Å². The van der Waals surface area contributed by atoms with E-state index < -0.39 is 6.03 Å². The third kappa shape index (κ3) is 6.31. The third-order valence-corrected chi connectivity index (χ3v) is 3.08. The van der Waals surface area contributed by atoms with Crippen LogP contribution in [0.3, 0.4) is 0 Å². The van der Waals surface area contributed by atoms with Gasteiger partial charge in [0, 0.05) is 0 Å². The molecule has 0 aliphatic rings. The van der Waals surface area contributed by atoms with E-state index in [9.17, 15) is 9.18 Å². The smallest absolute Gasteiger partial charge is 0.332 e. The van der Waals surface area contributed by atoms with Crippen LogP contribution in [0.1, 0.15) is 12.5 Å². The van der Waals surface area contributed by atoms with Crippen LogP contribution in [0.4, 0.5) is 9.18 Å². The lowest BCUT2D eigenvalue weighted by Crippen LogP contribution is -2.24. The highest BCUT2D eigenvalue weighted by Gasteiger charge is 2.06. The maximum absolute atomic E-state index is 12.8. The van der Waals surface area contributed by atoms with Crippen molar-refractivity contribution in [2.45, 2.75) is 6.92 Å². The molecule has 2 amide bonds. The van der Waals surface area contributed by atoms with E-state index in [2.05, 4.69) is 10.5 Å². The quantitative estimate of drug-likeness (QED) is 0.408. The van der Waals surface area contributed by atoms with Gasteiger partial charge < -0.3 is 19.9 Å². The molecule has 2 aromatic carbocycles. The third-order valence-electron chi connectivity index (χ3n) is 3.08. The molecule has 26 heavy (non-hydrogen) atoms. The molecule has 0 heterocycles. The number of hydrazone groups is 1. The van der Waals surface area contributed by atoms with Gasteiger partial charge in [-0.15, -0.1) is 0 Å². The number of nitrogens with two attached hydrogens (primary N) is 1. The van der Waals surface area contributed by atoms with Crippen molar-refractivity contribution in [3.63, 3.8) is 0 Å². The first kappa shape index (κ1) is 19.0. The van der Waals surface area contributed by atoms with Gasteiger partial charge in [0.2, 0.25) is 0 Å². The Morgan fingerprint density at radius 3 is 2.54 bits per heavy atom. The molecule has 0 bridgehead atoms. The maximum atomic E-state index is 12.8. The summed E-state index contributed by atoms with van der Waals surface area (Å²) in [6.45, 7) is 2.90. The van der Waals surface area contributed by atoms with E-state index in [1.165, 1.54) is 18.3 Å². The highest BCUT2D eigenvalue weighted by Crippen LogP contribution is 2.28. The van der Waals surface area contributed by atoms with E-state index in [1.54, 1.807) is 30.3 Å². The van der Waals surface area contributed by atoms with E-state index in [0.717, 1.165) is 0 Å². The number of urea groups is 1. The van der Waals surface area contributed by atoms with Crippen LogP contribution in [0.2, 0.25) is 0 Å². The Kier molecular flexibility index (Phi) is 7.23. The lowest BCUT2D eigenvalue weighted by atomic mass is 10.2. The molecule has 0 unspecified atom stereocenters. The van der Waals surface area contributed by atoms with Gasteiger partial charge in [-0.3, -0.25) is 0 Å². The molecule has 0 aliphatic heterocycles. The fourth-order valence-electron chi connectivity index (χ4n) is 2.00. The van der Waals surface area contributed by atoms with Crippen LogP contribution in [0, 0.1) is 5.82 Å². The van der Waals surface area contributed by atoms with Crippen molar-refractivity contribution in [2.75, 3.05) is 19.8 Å². The van der Waals surface area contributed by atoms with Crippen LogP contribution in [-0.4, -0.2) is 32.1 Å². The summed E-state index contributed by atoms with van der Waals surface area (Å²) in [5, 5.41) is 3.69. The minimum Gasteiger partial charge on any atom is -0.490 e. The van der Waals surface area contributed by atoms with Crippen molar-refractivity contribution in [3.05, 3.63) is 53.8 Å². The number of nitrogens with zero attached hydrogens (tertiary/aromatic N) is 1. The molecule has 0 aliphatic carbocycles. The van der Waals surface area contributed by atoms with Crippen LogP contribution < -0.4 is 25.4 Å². The number of carbonyl (C=O) groups is 1. The number of amides is 2. The molecule has 0 spiro atoms. The van der Waals surface area contributed by atoms with E-state index in [1.807, 2.05) is 6.92 Å². The normalized spacial score (nSPS) is 10.5. The number of hydrogen-bond donors (Lipinski definition) is 2. The Bertz CT molecular complexity index is 751. The van der Waals surface area contributed by atoms with Crippen LogP contribution in [-0.2, 0) is 0 Å². The summed E-state index contributed by atoms with van der Waals surface area (Å²) in [7, 11) is 0. The highest BCUT2D eigenvalue weighted by atomic mass is 19.1. The van der Waals surface area contributed by atoms with Crippen LogP contribution in [0.25, 0.3) is 0 Å². The number of hydrogen-bond acceptors (Lipinski definition) is 5. The number of rotatable bonds is 9. The lowest BCUT2D eigenvalue weighted by molar-refractivity contribution is 0.208. The van der Waals surface area contributed by atoms with E-state index in [4.69, 9.17) is 19.9 Å². The van der Waals surface area contributed by atoms with Gasteiger partial charge in [0.05, 0.1) is 12.8 Å². The number of carbonyl (C=O) groups excluding carboxylic acids is 1.